The van der Waals surface area contributed by atoms with E-state index < -0.39 is 0 Å². The molecule has 0 radical (unpaired) electrons. The zero-order valence-corrected chi connectivity index (χ0v) is 11.2. The Labute approximate surface area is 117 Å². The molecule has 0 saturated carbocycles. The van der Waals surface area contributed by atoms with E-state index in [9.17, 15) is 0 Å². The summed E-state index contributed by atoms with van der Waals surface area (Å²) in [6, 6.07) is 13.9. The molecule has 100 valence electrons. The highest BCUT2D eigenvalue weighted by Gasteiger charge is 2.07. The van der Waals surface area contributed by atoms with Crippen LogP contribution in [0.2, 0.25) is 0 Å². The minimum Gasteiger partial charge on any atom is -0.437 e. The topological polar surface area (TPSA) is 47.0 Å². The Bertz CT molecular complexity index is 713. The zero-order valence-electron chi connectivity index (χ0n) is 11.2. The van der Waals surface area contributed by atoms with Gasteiger partial charge in [-0.2, -0.15) is 0 Å². The number of ether oxygens (including phenoxy) is 1. The molecule has 3 rings (SSSR count). The highest BCUT2D eigenvalue weighted by atomic mass is 16.5. The first-order valence-corrected chi connectivity index (χ1v) is 6.48. The van der Waals surface area contributed by atoms with Crippen molar-refractivity contribution in [3.63, 3.8) is 0 Å². The second kappa shape index (κ2) is 5.67. The molecule has 0 unspecified atom stereocenters. The maximum atomic E-state index is 5.88. The Morgan fingerprint density at radius 2 is 2.05 bits per heavy atom. The quantitative estimate of drug-likeness (QED) is 0.787. The van der Waals surface area contributed by atoms with E-state index in [1.165, 1.54) is 0 Å². The zero-order chi connectivity index (χ0) is 13.8. The van der Waals surface area contributed by atoms with Crippen molar-refractivity contribution in [3.05, 3.63) is 60.6 Å². The maximum Gasteiger partial charge on any atom is 0.227 e. The largest absolute Gasteiger partial charge is 0.437 e. The van der Waals surface area contributed by atoms with Crippen molar-refractivity contribution in [2.75, 3.05) is 7.05 Å². The molecule has 0 spiro atoms. The van der Waals surface area contributed by atoms with E-state index in [0.717, 1.165) is 16.5 Å². The second-order valence-electron chi connectivity index (χ2n) is 4.46. The van der Waals surface area contributed by atoms with Crippen molar-refractivity contribution in [2.24, 2.45) is 0 Å². The van der Waals surface area contributed by atoms with E-state index >= 15 is 0 Å². The summed E-state index contributed by atoms with van der Waals surface area (Å²) in [7, 11) is 1.90. The Morgan fingerprint density at radius 1 is 1.15 bits per heavy atom. The summed E-state index contributed by atoms with van der Waals surface area (Å²) in [6.07, 6.45) is 3.40. The molecule has 4 heteroatoms. The van der Waals surface area contributed by atoms with Crippen molar-refractivity contribution in [3.8, 4) is 11.6 Å². The first-order valence-electron chi connectivity index (χ1n) is 6.48. The molecule has 0 amide bonds. The molecule has 2 heterocycles. The van der Waals surface area contributed by atoms with E-state index in [4.69, 9.17) is 4.74 Å². The number of aromatic nitrogens is 2. The second-order valence-corrected chi connectivity index (χ2v) is 4.46. The molecular formula is C16H15N3O. The van der Waals surface area contributed by atoms with Crippen molar-refractivity contribution < 1.29 is 4.74 Å². The van der Waals surface area contributed by atoms with Gasteiger partial charge in [0.05, 0.1) is 11.9 Å². The maximum absolute atomic E-state index is 5.88. The number of fused-ring (bicyclic) bond motifs is 1. The van der Waals surface area contributed by atoms with Crippen LogP contribution in [0.3, 0.4) is 0 Å². The number of rotatable bonds is 4. The van der Waals surface area contributed by atoms with Crippen molar-refractivity contribution in [1.82, 2.24) is 15.3 Å². The Kier molecular flexibility index (Phi) is 3.56. The predicted octanol–water partition coefficient (Wildman–Crippen LogP) is 3.14. The van der Waals surface area contributed by atoms with E-state index in [-0.39, 0.29) is 0 Å². The number of nitrogens with zero attached hydrogens (tertiary/aromatic N) is 2. The van der Waals surface area contributed by atoms with Crippen LogP contribution >= 0.6 is 0 Å². The summed E-state index contributed by atoms with van der Waals surface area (Å²) < 4.78 is 5.88. The van der Waals surface area contributed by atoms with E-state index in [1.807, 2.05) is 37.4 Å². The van der Waals surface area contributed by atoms with Gasteiger partial charge in [-0.1, -0.05) is 18.2 Å². The summed E-state index contributed by atoms with van der Waals surface area (Å²) in [5.74, 6) is 1.30. The summed E-state index contributed by atoms with van der Waals surface area (Å²) >= 11 is 0. The molecule has 2 aromatic heterocycles. The highest BCUT2D eigenvalue weighted by molar-refractivity contribution is 5.87. The first-order chi connectivity index (χ1) is 9.86. The standard InChI is InChI=1S/C16H15N3O/c1-17-10-13-9-12-5-2-3-7-15(12)16(19-13)20-14-6-4-8-18-11-14/h2-9,11,17H,10H2,1H3. The molecular weight excluding hydrogens is 250 g/mol. The lowest BCUT2D eigenvalue weighted by atomic mass is 10.1. The molecule has 4 nitrogen and oxygen atoms in total. The minimum atomic E-state index is 0.612. The van der Waals surface area contributed by atoms with Crippen LogP contribution in [-0.4, -0.2) is 17.0 Å². The van der Waals surface area contributed by atoms with Crippen LogP contribution in [0.4, 0.5) is 0 Å². The van der Waals surface area contributed by atoms with Gasteiger partial charge in [0.15, 0.2) is 0 Å². The van der Waals surface area contributed by atoms with Gasteiger partial charge in [0.25, 0.3) is 0 Å². The van der Waals surface area contributed by atoms with Crippen LogP contribution in [0.5, 0.6) is 11.6 Å². The molecule has 0 aliphatic rings. The minimum absolute atomic E-state index is 0.612. The number of hydrogen-bond acceptors (Lipinski definition) is 4. The Balaban J connectivity index is 2.07. The van der Waals surface area contributed by atoms with Crippen molar-refractivity contribution >= 4 is 10.8 Å². The van der Waals surface area contributed by atoms with Gasteiger partial charge < -0.3 is 10.1 Å². The fourth-order valence-electron chi connectivity index (χ4n) is 2.09. The summed E-state index contributed by atoms with van der Waals surface area (Å²) in [4.78, 5) is 8.63. The summed E-state index contributed by atoms with van der Waals surface area (Å²) in [5, 5.41) is 5.22. The monoisotopic (exact) mass is 265 g/mol. The number of benzene rings is 1. The number of pyridine rings is 2. The van der Waals surface area contributed by atoms with Crippen LogP contribution in [0, 0.1) is 0 Å². The van der Waals surface area contributed by atoms with Gasteiger partial charge in [0.2, 0.25) is 5.88 Å². The fraction of sp³-hybridized carbons (Fsp3) is 0.125. The van der Waals surface area contributed by atoms with Crippen LogP contribution in [0.15, 0.2) is 54.9 Å². The Hall–Kier alpha value is -2.46. The van der Waals surface area contributed by atoms with Crippen molar-refractivity contribution in [1.29, 1.82) is 0 Å². The molecule has 0 saturated heterocycles. The third kappa shape index (κ3) is 2.60. The van der Waals surface area contributed by atoms with Crippen LogP contribution < -0.4 is 10.1 Å². The lowest BCUT2D eigenvalue weighted by Crippen LogP contribution is -2.07. The van der Waals surface area contributed by atoms with E-state index in [1.54, 1.807) is 12.4 Å². The average molecular weight is 265 g/mol. The highest BCUT2D eigenvalue weighted by Crippen LogP contribution is 2.28. The third-order valence-corrected chi connectivity index (χ3v) is 2.97. The van der Waals surface area contributed by atoms with Gasteiger partial charge in [-0.25, -0.2) is 4.98 Å². The molecule has 20 heavy (non-hydrogen) atoms. The summed E-state index contributed by atoms with van der Waals surface area (Å²) in [6.45, 7) is 0.703. The molecule has 1 N–H and O–H groups in total. The Morgan fingerprint density at radius 3 is 2.85 bits per heavy atom. The van der Waals surface area contributed by atoms with Gasteiger partial charge in [0.1, 0.15) is 5.75 Å². The number of nitrogens with one attached hydrogen (secondary N) is 1. The van der Waals surface area contributed by atoms with Gasteiger partial charge in [-0.15, -0.1) is 0 Å². The lowest BCUT2D eigenvalue weighted by molar-refractivity contribution is 0.464. The third-order valence-electron chi connectivity index (χ3n) is 2.97. The van der Waals surface area contributed by atoms with E-state index in [2.05, 4.69) is 27.4 Å². The molecule has 0 bridgehead atoms. The number of hydrogen-bond donors (Lipinski definition) is 1. The molecule has 0 fully saturated rings. The molecule has 0 aliphatic carbocycles. The van der Waals surface area contributed by atoms with Crippen LogP contribution in [0.25, 0.3) is 10.8 Å². The van der Waals surface area contributed by atoms with Crippen LogP contribution in [0.1, 0.15) is 5.69 Å². The van der Waals surface area contributed by atoms with Gasteiger partial charge >= 0.3 is 0 Å². The van der Waals surface area contributed by atoms with Crippen LogP contribution in [-0.2, 0) is 6.54 Å². The van der Waals surface area contributed by atoms with Gasteiger partial charge in [-0.3, -0.25) is 4.98 Å². The predicted molar refractivity (Wildman–Crippen MR) is 78.8 cm³/mol. The summed E-state index contributed by atoms with van der Waals surface area (Å²) in [5.41, 5.74) is 0.949. The lowest BCUT2D eigenvalue weighted by Gasteiger charge is -2.10. The smallest absolute Gasteiger partial charge is 0.227 e. The molecule has 1 aromatic carbocycles. The molecule has 3 aromatic rings. The molecule has 0 atom stereocenters. The normalized spacial score (nSPS) is 10.7. The average Bonchev–Trinajstić information content (AvgIpc) is 2.49. The fourth-order valence-corrected chi connectivity index (χ4v) is 2.09. The molecule has 0 aliphatic heterocycles. The van der Waals surface area contributed by atoms with Gasteiger partial charge in [-0.05, 0) is 36.7 Å². The SMILES string of the molecule is CNCc1cc2ccccc2c(Oc2cccnc2)n1. The van der Waals surface area contributed by atoms with E-state index in [0.29, 0.717) is 18.2 Å². The van der Waals surface area contributed by atoms with Gasteiger partial charge in [0, 0.05) is 18.1 Å². The first kappa shape index (κ1) is 12.6. The van der Waals surface area contributed by atoms with Crippen molar-refractivity contribution in [2.45, 2.75) is 6.54 Å².